The summed E-state index contributed by atoms with van der Waals surface area (Å²) in [5.74, 6) is 1.01. The molecule has 0 spiro atoms. The van der Waals surface area contributed by atoms with Crippen LogP contribution in [0, 0.1) is 5.92 Å². The van der Waals surface area contributed by atoms with E-state index in [2.05, 4.69) is 18.9 Å². The number of hydrogen-bond acceptors (Lipinski definition) is 1. The Morgan fingerprint density at radius 3 is 2.75 bits per heavy atom. The van der Waals surface area contributed by atoms with Crippen LogP contribution >= 0.6 is 0 Å². The molecule has 1 atom stereocenters. The van der Waals surface area contributed by atoms with Crippen molar-refractivity contribution < 1.29 is 5.48 Å². The summed E-state index contributed by atoms with van der Waals surface area (Å²) in [6.07, 6.45) is 7.15. The summed E-state index contributed by atoms with van der Waals surface area (Å²) < 4.78 is 0. The summed E-state index contributed by atoms with van der Waals surface area (Å²) in [5, 5.41) is 0. The molecule has 1 fully saturated rings. The van der Waals surface area contributed by atoms with Crippen molar-refractivity contribution in [2.75, 3.05) is 20.1 Å². The summed E-state index contributed by atoms with van der Waals surface area (Å²) in [6, 6.07) is 0. The van der Waals surface area contributed by atoms with Gasteiger partial charge in [0.1, 0.15) is 0 Å². The second-order valence-electron chi connectivity index (χ2n) is 3.91. The first kappa shape index (κ1) is 11.9. The maximum atomic E-state index is 2.48. The Kier molecular flexibility index (Phi) is 6.39. The van der Waals surface area contributed by atoms with E-state index in [0.717, 1.165) is 5.92 Å². The first-order valence-electron chi connectivity index (χ1n) is 5.01. The molecule has 1 aliphatic heterocycles. The first-order chi connectivity index (χ1) is 5.33. The molecule has 0 aromatic carbocycles. The zero-order valence-corrected chi connectivity index (χ0v) is 8.47. The van der Waals surface area contributed by atoms with Crippen LogP contribution in [0.3, 0.4) is 0 Å². The van der Waals surface area contributed by atoms with Crippen LogP contribution in [0.2, 0.25) is 0 Å². The number of rotatable bonds is 3. The van der Waals surface area contributed by atoms with Gasteiger partial charge in [-0.3, -0.25) is 0 Å². The molecule has 1 saturated heterocycles. The maximum absolute atomic E-state index is 2.48. The standard InChI is InChI=1S/C10H21N.H2O/c1-3-4-6-10-7-5-8-11(2)9-10;/h10H,3-9H2,1-2H3;1H2/t10-;/m0./s1. The van der Waals surface area contributed by atoms with Crippen LogP contribution in [-0.2, 0) is 0 Å². The molecule has 0 unspecified atom stereocenters. The van der Waals surface area contributed by atoms with Gasteiger partial charge in [0.05, 0.1) is 0 Å². The van der Waals surface area contributed by atoms with Gasteiger partial charge < -0.3 is 10.4 Å². The number of piperidine rings is 1. The lowest BCUT2D eigenvalue weighted by atomic mass is 9.93. The van der Waals surface area contributed by atoms with E-state index in [9.17, 15) is 0 Å². The highest BCUT2D eigenvalue weighted by atomic mass is 16.0. The summed E-state index contributed by atoms with van der Waals surface area (Å²) in [5.41, 5.74) is 0. The van der Waals surface area contributed by atoms with E-state index >= 15 is 0 Å². The fraction of sp³-hybridized carbons (Fsp3) is 1.00. The zero-order valence-electron chi connectivity index (χ0n) is 8.47. The molecule has 0 aliphatic carbocycles. The Balaban J connectivity index is 0.00000121. The quantitative estimate of drug-likeness (QED) is 0.639. The van der Waals surface area contributed by atoms with Crippen molar-refractivity contribution in [3.05, 3.63) is 0 Å². The summed E-state index contributed by atoms with van der Waals surface area (Å²) in [6.45, 7) is 4.95. The van der Waals surface area contributed by atoms with Crippen LogP contribution < -0.4 is 0 Å². The lowest BCUT2D eigenvalue weighted by Gasteiger charge is -2.29. The highest BCUT2D eigenvalue weighted by Gasteiger charge is 2.15. The third-order valence-electron chi connectivity index (χ3n) is 2.69. The molecule has 0 saturated carbocycles. The van der Waals surface area contributed by atoms with Crippen LogP contribution in [-0.4, -0.2) is 30.5 Å². The van der Waals surface area contributed by atoms with E-state index < -0.39 is 0 Å². The molecule has 74 valence electrons. The smallest absolute Gasteiger partial charge is 0.000661 e. The lowest BCUT2D eigenvalue weighted by Crippen LogP contribution is -2.31. The average Bonchev–Trinajstić information content (AvgIpc) is 2.01. The largest absolute Gasteiger partial charge is 0.412 e. The monoisotopic (exact) mass is 173 g/mol. The van der Waals surface area contributed by atoms with Crippen molar-refractivity contribution in [2.24, 2.45) is 5.92 Å². The van der Waals surface area contributed by atoms with E-state index in [4.69, 9.17) is 0 Å². The van der Waals surface area contributed by atoms with E-state index in [-0.39, 0.29) is 5.48 Å². The molecule has 0 bridgehead atoms. The van der Waals surface area contributed by atoms with Crippen LogP contribution in [0.5, 0.6) is 0 Å². The Morgan fingerprint density at radius 1 is 1.42 bits per heavy atom. The summed E-state index contributed by atoms with van der Waals surface area (Å²) >= 11 is 0. The van der Waals surface area contributed by atoms with Gasteiger partial charge in [0, 0.05) is 6.54 Å². The SMILES string of the molecule is CCCC[C@H]1CCCN(C)C1.O. The Bertz CT molecular complexity index is 106. The predicted molar refractivity (Wildman–Crippen MR) is 53.4 cm³/mol. The molecule has 12 heavy (non-hydrogen) atoms. The molecule has 2 heteroatoms. The van der Waals surface area contributed by atoms with Gasteiger partial charge in [-0.15, -0.1) is 0 Å². The van der Waals surface area contributed by atoms with E-state index in [1.807, 2.05) is 0 Å². The molecule has 0 amide bonds. The number of nitrogens with zero attached hydrogens (tertiary/aromatic N) is 1. The van der Waals surface area contributed by atoms with Gasteiger partial charge in [-0.25, -0.2) is 0 Å². The Hall–Kier alpha value is -0.0800. The van der Waals surface area contributed by atoms with E-state index in [0.29, 0.717) is 0 Å². The van der Waals surface area contributed by atoms with E-state index in [1.54, 1.807) is 0 Å². The van der Waals surface area contributed by atoms with Gasteiger partial charge in [0.15, 0.2) is 0 Å². The fourth-order valence-corrected chi connectivity index (χ4v) is 2.00. The molecule has 2 N–H and O–H groups in total. The van der Waals surface area contributed by atoms with E-state index in [1.165, 1.54) is 45.2 Å². The van der Waals surface area contributed by atoms with Crippen molar-refractivity contribution in [2.45, 2.75) is 39.0 Å². The van der Waals surface area contributed by atoms with Crippen molar-refractivity contribution in [3.8, 4) is 0 Å². The predicted octanol–water partition coefficient (Wildman–Crippen LogP) is 1.69. The van der Waals surface area contributed by atoms with Gasteiger partial charge >= 0.3 is 0 Å². The highest BCUT2D eigenvalue weighted by molar-refractivity contribution is 4.69. The number of likely N-dealkylation sites (tertiary alicyclic amines) is 1. The van der Waals surface area contributed by atoms with Crippen LogP contribution in [0.25, 0.3) is 0 Å². The molecule has 0 aromatic rings. The normalized spacial score (nSPS) is 25.0. The topological polar surface area (TPSA) is 34.7 Å². The van der Waals surface area contributed by atoms with Crippen LogP contribution in [0.4, 0.5) is 0 Å². The minimum absolute atomic E-state index is 0. The number of hydrogen-bond donors (Lipinski definition) is 0. The average molecular weight is 173 g/mol. The van der Waals surface area contributed by atoms with Crippen molar-refractivity contribution in [1.82, 2.24) is 4.90 Å². The summed E-state index contributed by atoms with van der Waals surface area (Å²) in [4.78, 5) is 2.48. The second-order valence-corrected chi connectivity index (χ2v) is 3.91. The summed E-state index contributed by atoms with van der Waals surface area (Å²) in [7, 11) is 2.25. The van der Waals surface area contributed by atoms with Gasteiger partial charge in [-0.2, -0.15) is 0 Å². The van der Waals surface area contributed by atoms with Crippen molar-refractivity contribution in [3.63, 3.8) is 0 Å². The second kappa shape index (κ2) is 6.44. The van der Waals surface area contributed by atoms with Gasteiger partial charge in [0.2, 0.25) is 0 Å². The van der Waals surface area contributed by atoms with Gasteiger partial charge in [-0.1, -0.05) is 19.8 Å². The molecule has 1 aliphatic rings. The van der Waals surface area contributed by atoms with Crippen LogP contribution in [0.1, 0.15) is 39.0 Å². The Labute approximate surface area is 76.3 Å². The fourth-order valence-electron chi connectivity index (χ4n) is 2.00. The Morgan fingerprint density at radius 2 is 2.17 bits per heavy atom. The zero-order chi connectivity index (χ0) is 8.10. The molecule has 0 aromatic heterocycles. The lowest BCUT2D eigenvalue weighted by molar-refractivity contribution is 0.200. The molecule has 1 heterocycles. The maximum Gasteiger partial charge on any atom is 0.000661 e. The van der Waals surface area contributed by atoms with Gasteiger partial charge in [-0.05, 0) is 38.8 Å². The van der Waals surface area contributed by atoms with Crippen LogP contribution in [0.15, 0.2) is 0 Å². The minimum atomic E-state index is 0. The highest BCUT2D eigenvalue weighted by Crippen LogP contribution is 2.20. The molecular weight excluding hydrogens is 150 g/mol. The minimum Gasteiger partial charge on any atom is -0.412 e. The number of unbranched alkanes of at least 4 members (excludes halogenated alkanes) is 1. The molecule has 0 radical (unpaired) electrons. The van der Waals surface area contributed by atoms with Crippen molar-refractivity contribution in [1.29, 1.82) is 0 Å². The molecule has 1 rings (SSSR count). The molecule has 2 nitrogen and oxygen atoms in total. The van der Waals surface area contributed by atoms with Crippen molar-refractivity contribution >= 4 is 0 Å². The third-order valence-corrected chi connectivity index (χ3v) is 2.69. The van der Waals surface area contributed by atoms with Gasteiger partial charge in [0.25, 0.3) is 0 Å². The molecular formula is C10H23NO. The third kappa shape index (κ3) is 4.07. The first-order valence-corrected chi connectivity index (χ1v) is 5.01.